The first-order valence-electron chi connectivity index (χ1n) is 8.75. The molecule has 130 valence electrons. The Balaban J connectivity index is 0.00000168. The molecule has 1 unspecified atom stereocenters. The number of hydrogen-bond donors (Lipinski definition) is 1. The molecule has 0 bridgehead atoms. The molecule has 0 aliphatic carbocycles. The van der Waals surface area contributed by atoms with Crippen molar-refractivity contribution in [3.8, 4) is 22.6 Å². The van der Waals surface area contributed by atoms with Gasteiger partial charge in [0.15, 0.2) is 17.1 Å². The van der Waals surface area contributed by atoms with E-state index >= 15 is 0 Å². The normalized spacial score (nSPS) is 19.5. The third-order valence-electron chi connectivity index (χ3n) is 5.07. The maximum Gasteiger partial charge on any atom is 0.231 e. The van der Waals surface area contributed by atoms with E-state index in [1.54, 1.807) is 0 Å². The van der Waals surface area contributed by atoms with E-state index in [-0.39, 0.29) is 8.22 Å². The van der Waals surface area contributed by atoms with Crippen LogP contribution in [0, 0.1) is 6.92 Å². The Morgan fingerprint density at radius 1 is 1.24 bits per heavy atom. The first kappa shape index (κ1) is 14.7. The summed E-state index contributed by atoms with van der Waals surface area (Å²) in [5.74, 6) is 2.04. The summed E-state index contributed by atoms with van der Waals surface area (Å²) in [7, 11) is 0. The molecule has 1 fully saturated rings. The highest BCUT2D eigenvalue weighted by Gasteiger charge is 2.20. The fraction of sp³-hybridized carbons (Fsp3) is 0.368. The van der Waals surface area contributed by atoms with E-state index in [2.05, 4.69) is 23.4 Å². The van der Waals surface area contributed by atoms with E-state index in [1.807, 2.05) is 28.9 Å². The van der Waals surface area contributed by atoms with Gasteiger partial charge in [-0.25, -0.2) is 9.50 Å². The minimum atomic E-state index is 0. The van der Waals surface area contributed by atoms with Gasteiger partial charge < -0.3 is 14.8 Å². The van der Waals surface area contributed by atoms with Crippen LogP contribution < -0.4 is 14.8 Å². The molecule has 6 heteroatoms. The number of aryl methyl sites for hydroxylation is 1. The summed E-state index contributed by atoms with van der Waals surface area (Å²) < 4.78 is 12.8. The Kier molecular flexibility index (Phi) is 3.38. The number of piperidine rings is 1. The molecule has 2 aromatic heterocycles. The molecule has 0 radical (unpaired) electrons. The van der Waals surface area contributed by atoms with Gasteiger partial charge in [0.05, 0.1) is 6.20 Å². The summed E-state index contributed by atoms with van der Waals surface area (Å²) in [6.07, 6.45) is 4.27. The maximum atomic E-state index is 5.51. The Morgan fingerprint density at radius 3 is 3.04 bits per heavy atom. The number of nitrogens with one attached hydrogen (secondary N) is 1. The maximum absolute atomic E-state index is 5.51. The molecule has 25 heavy (non-hydrogen) atoms. The molecule has 1 aromatic carbocycles. The average molecular weight is 338 g/mol. The quantitative estimate of drug-likeness (QED) is 0.778. The third-order valence-corrected chi connectivity index (χ3v) is 5.07. The Labute approximate surface area is 147 Å². The predicted octanol–water partition coefficient (Wildman–Crippen LogP) is 3.15. The van der Waals surface area contributed by atoms with Crippen LogP contribution in [0.3, 0.4) is 0 Å². The molecule has 6 nitrogen and oxygen atoms in total. The van der Waals surface area contributed by atoms with Crippen LogP contribution in [0.25, 0.3) is 16.8 Å². The fourth-order valence-electron chi connectivity index (χ4n) is 3.72. The second-order valence-corrected chi connectivity index (χ2v) is 6.73. The van der Waals surface area contributed by atoms with Crippen LogP contribution in [0.5, 0.6) is 11.5 Å². The number of benzene rings is 1. The van der Waals surface area contributed by atoms with Crippen LogP contribution in [0.4, 0.5) is 0 Å². The first-order chi connectivity index (χ1) is 12.3. The minimum Gasteiger partial charge on any atom is -0.454 e. The van der Waals surface area contributed by atoms with Crippen LogP contribution in [0.1, 0.15) is 31.6 Å². The van der Waals surface area contributed by atoms with Crippen molar-refractivity contribution in [1.82, 2.24) is 19.9 Å². The van der Waals surface area contributed by atoms with Crippen LogP contribution in [0.15, 0.2) is 30.5 Å². The number of nitrogens with zero attached hydrogens (tertiary/aromatic N) is 3. The third kappa shape index (κ3) is 2.44. The van der Waals surface area contributed by atoms with Gasteiger partial charge >= 0.3 is 0 Å². The van der Waals surface area contributed by atoms with E-state index in [0.29, 0.717) is 5.92 Å². The zero-order valence-electron chi connectivity index (χ0n) is 14.2. The number of hydrogen-bond acceptors (Lipinski definition) is 5. The highest BCUT2D eigenvalue weighted by molar-refractivity contribution is 5.79. The summed E-state index contributed by atoms with van der Waals surface area (Å²) in [5.41, 5.74) is 5.23. The molecule has 0 amide bonds. The van der Waals surface area contributed by atoms with Crippen molar-refractivity contribution < 1.29 is 10.9 Å². The second-order valence-electron chi connectivity index (χ2n) is 6.73. The lowest BCUT2D eigenvalue weighted by molar-refractivity contribution is 0.174. The van der Waals surface area contributed by atoms with E-state index in [4.69, 9.17) is 14.5 Å². The van der Waals surface area contributed by atoms with Crippen molar-refractivity contribution in [3.05, 3.63) is 41.9 Å². The molecule has 0 spiro atoms. The van der Waals surface area contributed by atoms with Gasteiger partial charge in [-0.2, -0.15) is 5.10 Å². The largest absolute Gasteiger partial charge is 0.454 e. The van der Waals surface area contributed by atoms with Crippen molar-refractivity contribution in [2.75, 3.05) is 19.9 Å². The van der Waals surface area contributed by atoms with Crippen molar-refractivity contribution in [2.45, 2.75) is 25.7 Å². The molecule has 2 aliphatic rings. The topological polar surface area (TPSA) is 60.7 Å². The molecule has 0 saturated carbocycles. The standard InChI is InChI=1S/C19H20N4O2.H2/c1-12-7-16(14-3-2-6-20-9-14)22-19-15(10-21-23(12)19)13-4-5-17-18(8-13)25-11-24-17;/h4-5,7-8,10,14,20H,2-3,6,9,11H2,1H3;1H. The van der Waals surface area contributed by atoms with Gasteiger partial charge in [-0.3, -0.25) is 0 Å². The first-order valence-corrected chi connectivity index (χ1v) is 8.75. The molecule has 1 atom stereocenters. The number of ether oxygens (including phenoxy) is 2. The van der Waals surface area contributed by atoms with Crippen molar-refractivity contribution in [3.63, 3.8) is 0 Å². The molecule has 3 aromatic rings. The summed E-state index contributed by atoms with van der Waals surface area (Å²) in [4.78, 5) is 4.98. The molecule has 4 heterocycles. The highest BCUT2D eigenvalue weighted by atomic mass is 16.7. The number of aromatic nitrogens is 3. The number of rotatable bonds is 2. The van der Waals surface area contributed by atoms with Crippen molar-refractivity contribution in [2.24, 2.45) is 0 Å². The van der Waals surface area contributed by atoms with E-state index in [0.717, 1.165) is 52.8 Å². The summed E-state index contributed by atoms with van der Waals surface area (Å²) in [5, 5.41) is 8.02. The second kappa shape index (κ2) is 5.74. The van der Waals surface area contributed by atoms with Crippen molar-refractivity contribution >= 4 is 5.65 Å². The van der Waals surface area contributed by atoms with Crippen LogP contribution in [-0.2, 0) is 0 Å². The van der Waals surface area contributed by atoms with E-state index < -0.39 is 0 Å². The van der Waals surface area contributed by atoms with Gasteiger partial charge in [0.25, 0.3) is 0 Å². The fourth-order valence-corrected chi connectivity index (χ4v) is 3.72. The predicted molar refractivity (Wildman–Crippen MR) is 96.2 cm³/mol. The SMILES string of the molecule is Cc1cc(C2CCCNC2)nc2c(-c3ccc4c(c3)OCO4)cnn12.[HH]. The Morgan fingerprint density at radius 2 is 2.16 bits per heavy atom. The van der Waals surface area contributed by atoms with Crippen LogP contribution >= 0.6 is 0 Å². The zero-order chi connectivity index (χ0) is 16.8. The van der Waals surface area contributed by atoms with Gasteiger partial charge in [-0.15, -0.1) is 0 Å². The van der Waals surface area contributed by atoms with Crippen molar-refractivity contribution in [1.29, 1.82) is 0 Å². The summed E-state index contributed by atoms with van der Waals surface area (Å²) >= 11 is 0. The lowest BCUT2D eigenvalue weighted by atomic mass is 9.95. The van der Waals surface area contributed by atoms with Gasteiger partial charge in [0.2, 0.25) is 6.79 Å². The average Bonchev–Trinajstić information content (AvgIpc) is 3.28. The molecule has 5 rings (SSSR count). The minimum absolute atomic E-state index is 0. The summed E-state index contributed by atoms with van der Waals surface area (Å²) in [6, 6.07) is 8.16. The molecular formula is C19H22N4O2. The van der Waals surface area contributed by atoms with Gasteiger partial charge in [0.1, 0.15) is 0 Å². The lowest BCUT2D eigenvalue weighted by Crippen LogP contribution is -2.29. The lowest BCUT2D eigenvalue weighted by Gasteiger charge is -2.22. The molecule has 1 saturated heterocycles. The monoisotopic (exact) mass is 338 g/mol. The highest BCUT2D eigenvalue weighted by Crippen LogP contribution is 2.37. The van der Waals surface area contributed by atoms with Crippen LogP contribution in [-0.4, -0.2) is 34.5 Å². The molecule has 1 N–H and O–H groups in total. The smallest absolute Gasteiger partial charge is 0.231 e. The van der Waals surface area contributed by atoms with Gasteiger partial charge in [-0.05, 0) is 50.1 Å². The van der Waals surface area contributed by atoms with E-state index in [9.17, 15) is 0 Å². The Hall–Kier alpha value is -2.60. The number of fused-ring (bicyclic) bond motifs is 2. The molecular weight excluding hydrogens is 316 g/mol. The summed E-state index contributed by atoms with van der Waals surface area (Å²) in [6.45, 7) is 4.47. The van der Waals surface area contributed by atoms with Gasteiger partial charge in [0, 0.05) is 30.8 Å². The van der Waals surface area contributed by atoms with E-state index in [1.165, 1.54) is 12.8 Å². The Bertz CT molecular complexity index is 950. The van der Waals surface area contributed by atoms with Gasteiger partial charge in [-0.1, -0.05) is 6.07 Å². The zero-order valence-corrected chi connectivity index (χ0v) is 14.2. The molecule has 2 aliphatic heterocycles. The van der Waals surface area contributed by atoms with Crippen LogP contribution in [0.2, 0.25) is 0 Å².